The van der Waals surface area contributed by atoms with Gasteiger partial charge in [0.05, 0.1) is 0 Å². The second-order valence-electron chi connectivity index (χ2n) is 2.69. The molecule has 0 radical (unpaired) electrons. The molecule has 0 saturated carbocycles. The van der Waals surface area contributed by atoms with Gasteiger partial charge in [-0.25, -0.2) is 4.39 Å². The zero-order valence-corrected chi connectivity index (χ0v) is 6.47. The Kier molecular flexibility index (Phi) is 1.47. The highest BCUT2D eigenvalue weighted by Crippen LogP contribution is 2.21. The summed E-state index contributed by atoms with van der Waals surface area (Å²) in [6.07, 6.45) is 3.69. The molecule has 2 rings (SSSR count). The zero-order valence-electron chi connectivity index (χ0n) is 6.47. The lowest BCUT2D eigenvalue weighted by atomic mass is 10.0. The van der Waals surface area contributed by atoms with Crippen molar-refractivity contribution in [3.05, 3.63) is 47.9 Å². The maximum absolute atomic E-state index is 12.8. The molecule has 1 aliphatic rings. The lowest BCUT2D eigenvalue weighted by molar-refractivity contribution is 0.627. The monoisotopic (exact) mass is 161 g/mol. The first-order valence-corrected chi connectivity index (χ1v) is 3.69. The minimum Gasteiger partial charge on any atom is -0.362 e. The molecule has 0 bridgehead atoms. The van der Waals surface area contributed by atoms with E-state index in [1.807, 2.05) is 6.08 Å². The maximum atomic E-state index is 12.8. The highest BCUT2D eigenvalue weighted by atomic mass is 19.1. The van der Waals surface area contributed by atoms with Crippen molar-refractivity contribution in [2.75, 3.05) is 0 Å². The first kappa shape index (κ1) is 7.10. The summed E-state index contributed by atoms with van der Waals surface area (Å²) in [5.74, 6) is -0.230. The number of fused-ring (bicyclic) bond motifs is 1. The highest BCUT2D eigenvalue weighted by Gasteiger charge is 2.07. The first-order chi connectivity index (χ1) is 5.77. The molecule has 0 aromatic heterocycles. The lowest BCUT2D eigenvalue weighted by Gasteiger charge is -2.13. The summed E-state index contributed by atoms with van der Waals surface area (Å²) in [6.45, 7) is 3.77. The molecule has 0 aliphatic carbocycles. The van der Waals surface area contributed by atoms with Gasteiger partial charge in [-0.3, -0.25) is 0 Å². The summed E-state index contributed by atoms with van der Waals surface area (Å²) in [5.41, 5.74) is 2.57. The van der Waals surface area contributed by atoms with Crippen LogP contribution in [0.5, 0.6) is 0 Å². The molecule has 1 aromatic rings. The molecule has 0 atom stereocenters. The third-order valence-corrected chi connectivity index (χ3v) is 1.86. The summed E-state index contributed by atoms with van der Waals surface area (Å²) in [5, 5.41) is 2.92. The van der Waals surface area contributed by atoms with Gasteiger partial charge in [0.25, 0.3) is 0 Å². The van der Waals surface area contributed by atoms with Gasteiger partial charge in [-0.15, -0.1) is 0 Å². The van der Waals surface area contributed by atoms with Crippen LogP contribution in [0.2, 0.25) is 0 Å². The summed E-state index contributed by atoms with van der Waals surface area (Å²) in [4.78, 5) is 0. The summed E-state index contributed by atoms with van der Waals surface area (Å²) >= 11 is 0. The number of benzene rings is 1. The van der Waals surface area contributed by atoms with Crippen LogP contribution in [0.4, 0.5) is 4.39 Å². The Morgan fingerprint density at radius 3 is 3.00 bits per heavy atom. The van der Waals surface area contributed by atoms with E-state index in [1.54, 1.807) is 12.3 Å². The van der Waals surface area contributed by atoms with Crippen LogP contribution in [0, 0.1) is 5.82 Å². The molecule has 0 spiro atoms. The standard InChI is InChI=1S/C10H8FN/c1-7-10-6-9(11)3-2-8(10)4-5-12-7/h2-6,12H,1H2. The largest absolute Gasteiger partial charge is 0.362 e. The topological polar surface area (TPSA) is 12.0 Å². The lowest BCUT2D eigenvalue weighted by Crippen LogP contribution is -2.08. The second kappa shape index (κ2) is 2.48. The molecule has 1 aromatic carbocycles. The van der Waals surface area contributed by atoms with Crippen LogP contribution in [0.1, 0.15) is 11.1 Å². The Bertz CT molecular complexity index is 366. The molecular weight excluding hydrogens is 153 g/mol. The molecule has 1 aliphatic heterocycles. The Labute approximate surface area is 70.2 Å². The van der Waals surface area contributed by atoms with E-state index in [9.17, 15) is 4.39 Å². The number of halogens is 1. The molecule has 0 amide bonds. The van der Waals surface area contributed by atoms with Gasteiger partial charge in [0.15, 0.2) is 0 Å². The molecule has 1 nitrogen and oxygen atoms in total. The molecular formula is C10H8FN. The van der Waals surface area contributed by atoms with Gasteiger partial charge in [-0.1, -0.05) is 12.6 Å². The van der Waals surface area contributed by atoms with Crippen LogP contribution >= 0.6 is 0 Å². The molecule has 0 saturated heterocycles. The van der Waals surface area contributed by atoms with Crippen LogP contribution in [0.3, 0.4) is 0 Å². The molecule has 1 N–H and O–H groups in total. The van der Waals surface area contributed by atoms with Crippen molar-refractivity contribution in [2.24, 2.45) is 0 Å². The maximum Gasteiger partial charge on any atom is 0.123 e. The van der Waals surface area contributed by atoms with Gasteiger partial charge in [-0.2, -0.15) is 0 Å². The van der Waals surface area contributed by atoms with E-state index in [0.29, 0.717) is 0 Å². The highest BCUT2D eigenvalue weighted by molar-refractivity contribution is 5.76. The van der Waals surface area contributed by atoms with Crippen molar-refractivity contribution >= 4 is 11.8 Å². The SMILES string of the molecule is C=C1NC=Cc2ccc(F)cc21. The van der Waals surface area contributed by atoms with E-state index >= 15 is 0 Å². The van der Waals surface area contributed by atoms with Crippen molar-refractivity contribution in [3.63, 3.8) is 0 Å². The minimum absolute atomic E-state index is 0.230. The fourth-order valence-electron chi connectivity index (χ4n) is 1.24. The average molecular weight is 161 g/mol. The first-order valence-electron chi connectivity index (χ1n) is 3.69. The third kappa shape index (κ3) is 1.01. The Morgan fingerprint density at radius 2 is 2.17 bits per heavy atom. The number of rotatable bonds is 0. The van der Waals surface area contributed by atoms with E-state index in [-0.39, 0.29) is 5.82 Å². The molecule has 1 heterocycles. The van der Waals surface area contributed by atoms with E-state index in [0.717, 1.165) is 16.8 Å². The van der Waals surface area contributed by atoms with Gasteiger partial charge < -0.3 is 5.32 Å². The quantitative estimate of drug-likeness (QED) is 0.616. The van der Waals surface area contributed by atoms with Gasteiger partial charge in [0.1, 0.15) is 5.82 Å². The molecule has 12 heavy (non-hydrogen) atoms. The summed E-state index contributed by atoms with van der Waals surface area (Å²) in [6, 6.07) is 4.67. The average Bonchev–Trinajstić information content (AvgIpc) is 2.07. The molecule has 2 heteroatoms. The van der Waals surface area contributed by atoms with Crippen LogP contribution in [-0.4, -0.2) is 0 Å². The minimum atomic E-state index is -0.230. The van der Waals surface area contributed by atoms with E-state index in [2.05, 4.69) is 11.9 Å². The van der Waals surface area contributed by atoms with Gasteiger partial charge >= 0.3 is 0 Å². The van der Waals surface area contributed by atoms with Crippen molar-refractivity contribution in [1.82, 2.24) is 5.32 Å². The van der Waals surface area contributed by atoms with Crippen molar-refractivity contribution in [3.8, 4) is 0 Å². The molecule has 0 fully saturated rings. The van der Waals surface area contributed by atoms with Crippen molar-refractivity contribution in [2.45, 2.75) is 0 Å². The summed E-state index contributed by atoms with van der Waals surface area (Å²) < 4.78 is 12.8. The fourth-order valence-corrected chi connectivity index (χ4v) is 1.24. The van der Waals surface area contributed by atoms with E-state index in [4.69, 9.17) is 0 Å². The van der Waals surface area contributed by atoms with Gasteiger partial charge in [-0.05, 0) is 23.8 Å². The third-order valence-electron chi connectivity index (χ3n) is 1.86. The summed E-state index contributed by atoms with van der Waals surface area (Å²) in [7, 11) is 0. The number of hydrogen-bond donors (Lipinski definition) is 1. The van der Waals surface area contributed by atoms with E-state index in [1.165, 1.54) is 12.1 Å². The van der Waals surface area contributed by atoms with Gasteiger partial charge in [0, 0.05) is 17.5 Å². The zero-order chi connectivity index (χ0) is 8.55. The number of hydrogen-bond acceptors (Lipinski definition) is 1. The second-order valence-corrected chi connectivity index (χ2v) is 2.69. The normalized spacial score (nSPS) is 13.9. The van der Waals surface area contributed by atoms with Crippen LogP contribution in [0.15, 0.2) is 31.0 Å². The fraction of sp³-hybridized carbons (Fsp3) is 0. The Hall–Kier alpha value is -1.57. The van der Waals surface area contributed by atoms with Crippen LogP contribution in [-0.2, 0) is 0 Å². The predicted octanol–water partition coefficient (Wildman–Crippen LogP) is 2.37. The van der Waals surface area contributed by atoms with Crippen molar-refractivity contribution < 1.29 is 4.39 Å². The Balaban J connectivity index is 2.63. The van der Waals surface area contributed by atoms with Gasteiger partial charge in [0.2, 0.25) is 0 Å². The van der Waals surface area contributed by atoms with Crippen LogP contribution in [0.25, 0.3) is 11.8 Å². The Morgan fingerprint density at radius 1 is 1.33 bits per heavy atom. The molecule has 60 valence electrons. The van der Waals surface area contributed by atoms with Crippen LogP contribution < -0.4 is 5.32 Å². The smallest absolute Gasteiger partial charge is 0.123 e. The van der Waals surface area contributed by atoms with E-state index < -0.39 is 0 Å². The predicted molar refractivity (Wildman–Crippen MR) is 47.6 cm³/mol. The number of nitrogens with one attached hydrogen (secondary N) is 1. The molecule has 0 unspecified atom stereocenters. The van der Waals surface area contributed by atoms with Crippen molar-refractivity contribution in [1.29, 1.82) is 0 Å².